The molecule has 1 aliphatic rings. The van der Waals surface area contributed by atoms with Crippen LogP contribution in [0.3, 0.4) is 0 Å². The van der Waals surface area contributed by atoms with E-state index in [4.69, 9.17) is 9.47 Å². The molecule has 1 amide bonds. The van der Waals surface area contributed by atoms with Gasteiger partial charge in [-0.15, -0.1) is 0 Å². The van der Waals surface area contributed by atoms with Crippen molar-refractivity contribution in [3.05, 3.63) is 101 Å². The minimum Gasteiger partial charge on any atom is -0.494 e. The molecule has 0 saturated carbocycles. The third-order valence-corrected chi connectivity index (χ3v) is 5.91. The molecule has 9 heteroatoms. The van der Waals surface area contributed by atoms with Gasteiger partial charge in [-0.1, -0.05) is 24.3 Å². The predicted molar refractivity (Wildman–Crippen MR) is 132 cm³/mol. The maximum absolute atomic E-state index is 14.2. The molecule has 3 heterocycles. The quantitative estimate of drug-likeness (QED) is 0.400. The zero-order valence-corrected chi connectivity index (χ0v) is 19.6. The van der Waals surface area contributed by atoms with Crippen LogP contribution in [-0.4, -0.2) is 34.5 Å². The maximum atomic E-state index is 14.2. The topological polar surface area (TPSA) is 89.5 Å². The fourth-order valence-corrected chi connectivity index (χ4v) is 4.03. The number of nitrogens with zero attached hydrogens (tertiary/aromatic N) is 4. The summed E-state index contributed by atoms with van der Waals surface area (Å²) in [6.07, 6.45) is 5.66. The highest BCUT2D eigenvalue weighted by atomic mass is 19.1. The van der Waals surface area contributed by atoms with E-state index in [1.165, 1.54) is 31.0 Å². The van der Waals surface area contributed by atoms with E-state index in [0.29, 0.717) is 18.1 Å². The van der Waals surface area contributed by atoms with E-state index < -0.39 is 5.82 Å². The summed E-state index contributed by atoms with van der Waals surface area (Å²) in [5, 5.41) is 2.87. The molecule has 36 heavy (non-hydrogen) atoms. The van der Waals surface area contributed by atoms with Crippen molar-refractivity contribution < 1.29 is 18.7 Å². The van der Waals surface area contributed by atoms with Crippen molar-refractivity contribution in [2.45, 2.75) is 19.6 Å². The Kier molecular flexibility index (Phi) is 6.70. The minimum absolute atomic E-state index is 0.0125. The number of anilines is 2. The summed E-state index contributed by atoms with van der Waals surface area (Å²) in [4.78, 5) is 28.1. The molecule has 0 fully saturated rings. The van der Waals surface area contributed by atoms with Crippen LogP contribution in [0.1, 0.15) is 27.0 Å². The van der Waals surface area contributed by atoms with Gasteiger partial charge in [-0.25, -0.2) is 9.37 Å². The summed E-state index contributed by atoms with van der Waals surface area (Å²) >= 11 is 0. The number of nitrogens with one attached hydrogen (secondary N) is 1. The van der Waals surface area contributed by atoms with Crippen molar-refractivity contribution in [2.24, 2.45) is 0 Å². The molecule has 0 spiro atoms. The molecule has 8 nitrogen and oxygen atoms in total. The molecule has 4 aromatic rings. The van der Waals surface area contributed by atoms with Crippen LogP contribution in [0.2, 0.25) is 0 Å². The number of hydrogen-bond acceptors (Lipinski definition) is 7. The maximum Gasteiger partial charge on any atom is 0.258 e. The van der Waals surface area contributed by atoms with Crippen molar-refractivity contribution in [3.63, 3.8) is 0 Å². The van der Waals surface area contributed by atoms with E-state index in [1.54, 1.807) is 18.5 Å². The minimum atomic E-state index is -0.494. The number of pyridine rings is 1. The van der Waals surface area contributed by atoms with Gasteiger partial charge < -0.3 is 19.7 Å². The molecule has 0 atom stereocenters. The first-order chi connectivity index (χ1) is 17.6. The molecule has 0 aliphatic carbocycles. The largest absolute Gasteiger partial charge is 0.494 e. The van der Waals surface area contributed by atoms with Crippen LogP contribution in [0, 0.1) is 5.82 Å². The third-order valence-electron chi connectivity index (χ3n) is 5.91. The van der Waals surface area contributed by atoms with Crippen LogP contribution in [-0.2, 0) is 19.6 Å². The van der Waals surface area contributed by atoms with Crippen LogP contribution in [0.4, 0.5) is 16.0 Å². The first kappa shape index (κ1) is 23.2. The Labute approximate surface area is 207 Å². The highest BCUT2D eigenvalue weighted by molar-refractivity contribution is 5.96. The van der Waals surface area contributed by atoms with Gasteiger partial charge in [-0.05, 0) is 53.4 Å². The number of fused-ring (bicyclic) bond motifs is 1. The van der Waals surface area contributed by atoms with Gasteiger partial charge in [0.1, 0.15) is 12.2 Å². The third kappa shape index (κ3) is 4.95. The zero-order valence-electron chi connectivity index (χ0n) is 19.6. The number of rotatable bonds is 8. The average Bonchev–Trinajstić information content (AvgIpc) is 3.35. The van der Waals surface area contributed by atoms with Crippen LogP contribution in [0.15, 0.2) is 73.2 Å². The molecule has 5 rings (SSSR count). The van der Waals surface area contributed by atoms with Gasteiger partial charge in [0.05, 0.1) is 7.11 Å². The van der Waals surface area contributed by atoms with Gasteiger partial charge in [0.15, 0.2) is 11.6 Å². The highest BCUT2D eigenvalue weighted by Gasteiger charge is 2.24. The summed E-state index contributed by atoms with van der Waals surface area (Å²) in [7, 11) is 1.41. The number of aromatic nitrogens is 3. The van der Waals surface area contributed by atoms with Crippen molar-refractivity contribution in [1.82, 2.24) is 20.3 Å². The van der Waals surface area contributed by atoms with Crippen LogP contribution in [0.5, 0.6) is 11.6 Å². The Morgan fingerprint density at radius 2 is 1.94 bits per heavy atom. The lowest BCUT2D eigenvalue weighted by Gasteiger charge is -2.19. The van der Waals surface area contributed by atoms with Gasteiger partial charge in [0.2, 0.25) is 11.8 Å². The number of para-hydroxylation sites is 1. The summed E-state index contributed by atoms with van der Waals surface area (Å²) in [6.45, 7) is 1.04. The number of carbonyl (C=O) groups excluding carboxylic acids is 1. The second-order valence-electron chi connectivity index (χ2n) is 8.21. The summed E-state index contributed by atoms with van der Waals surface area (Å²) in [5.41, 5.74) is 3.89. The predicted octanol–water partition coefficient (Wildman–Crippen LogP) is 4.22. The monoisotopic (exact) mass is 485 g/mol. The molecule has 2 aromatic heterocycles. The molecular weight excluding hydrogens is 461 g/mol. The molecular formula is C27H24FN5O3. The number of ether oxygens (including phenoxy) is 2. The van der Waals surface area contributed by atoms with Gasteiger partial charge in [-0.3, -0.25) is 9.78 Å². The number of halogens is 1. The number of methoxy groups -OCH3 is 1. The molecule has 2 aromatic carbocycles. The summed E-state index contributed by atoms with van der Waals surface area (Å²) in [5.74, 6) is -0.177. The summed E-state index contributed by atoms with van der Waals surface area (Å²) in [6, 6.07) is 16.3. The van der Waals surface area contributed by atoms with E-state index in [9.17, 15) is 9.18 Å². The Hall–Kier alpha value is -4.53. The standard InChI is InChI=1S/C27H24FN5O3/c1-35-24-7-6-19(14-22(24)28)17-36-26-21(25(34)30-15-18-8-11-29-12-9-18)16-31-27(32-26)33-13-10-20-4-2-3-5-23(20)33/h2-9,11-12,14,16H,10,13,15,17H2,1H3,(H,30,34). The molecule has 0 radical (unpaired) electrons. The second kappa shape index (κ2) is 10.4. The Bertz CT molecular complexity index is 1380. The first-order valence-corrected chi connectivity index (χ1v) is 11.5. The SMILES string of the molecule is COc1ccc(COc2nc(N3CCc4ccccc43)ncc2C(=O)NCc2ccncc2)cc1F. The van der Waals surface area contributed by atoms with Gasteiger partial charge in [0.25, 0.3) is 5.91 Å². The Morgan fingerprint density at radius 1 is 1.11 bits per heavy atom. The molecule has 0 bridgehead atoms. The van der Waals surface area contributed by atoms with Gasteiger partial charge in [-0.2, -0.15) is 4.98 Å². The van der Waals surface area contributed by atoms with E-state index in [2.05, 4.69) is 26.3 Å². The van der Waals surface area contributed by atoms with E-state index >= 15 is 0 Å². The lowest BCUT2D eigenvalue weighted by molar-refractivity contribution is 0.0945. The lowest BCUT2D eigenvalue weighted by Crippen LogP contribution is -2.25. The normalized spacial score (nSPS) is 12.2. The number of hydrogen-bond donors (Lipinski definition) is 1. The van der Waals surface area contributed by atoms with E-state index in [0.717, 1.165) is 24.2 Å². The van der Waals surface area contributed by atoms with Gasteiger partial charge >= 0.3 is 0 Å². The second-order valence-corrected chi connectivity index (χ2v) is 8.21. The van der Waals surface area contributed by atoms with Crippen LogP contribution in [0.25, 0.3) is 0 Å². The van der Waals surface area contributed by atoms with Crippen LogP contribution < -0.4 is 19.7 Å². The molecule has 0 saturated heterocycles. The molecule has 1 aliphatic heterocycles. The van der Waals surface area contributed by atoms with Gasteiger partial charge in [0, 0.05) is 37.4 Å². The number of benzene rings is 2. The fourth-order valence-electron chi connectivity index (χ4n) is 4.03. The van der Waals surface area contributed by atoms with Crippen molar-refractivity contribution >= 4 is 17.5 Å². The molecule has 1 N–H and O–H groups in total. The van der Waals surface area contributed by atoms with Crippen molar-refractivity contribution in [1.29, 1.82) is 0 Å². The lowest BCUT2D eigenvalue weighted by atomic mass is 10.2. The van der Waals surface area contributed by atoms with Crippen molar-refractivity contribution in [2.75, 3.05) is 18.6 Å². The zero-order chi connectivity index (χ0) is 24.9. The average molecular weight is 486 g/mol. The molecule has 0 unspecified atom stereocenters. The molecule has 182 valence electrons. The smallest absolute Gasteiger partial charge is 0.258 e. The van der Waals surface area contributed by atoms with E-state index in [1.807, 2.05) is 35.2 Å². The number of carbonyl (C=O) groups is 1. The fraction of sp³-hybridized carbons (Fsp3) is 0.185. The van der Waals surface area contributed by atoms with Crippen LogP contribution >= 0.6 is 0 Å². The van der Waals surface area contributed by atoms with E-state index in [-0.39, 0.29) is 29.7 Å². The highest BCUT2D eigenvalue weighted by Crippen LogP contribution is 2.33. The van der Waals surface area contributed by atoms with Crippen molar-refractivity contribution in [3.8, 4) is 11.6 Å². The number of amides is 1. The summed E-state index contributed by atoms with van der Waals surface area (Å²) < 4.78 is 25.1. The first-order valence-electron chi connectivity index (χ1n) is 11.5. The Morgan fingerprint density at radius 3 is 2.75 bits per heavy atom. The Balaban J connectivity index is 1.41.